The molecule has 6 heteroatoms. The Labute approximate surface area is 95.1 Å². The average molecular weight is 236 g/mol. The van der Waals surface area contributed by atoms with Crippen molar-refractivity contribution in [2.45, 2.75) is 25.3 Å². The third-order valence-electron chi connectivity index (χ3n) is 2.04. The van der Waals surface area contributed by atoms with Crippen LogP contribution in [-0.4, -0.2) is 48.9 Å². The predicted molar refractivity (Wildman–Crippen MR) is 60.0 cm³/mol. The number of hydrogen-bond acceptors (Lipinski definition) is 3. The molecule has 0 saturated carbocycles. The number of carbonyl (C=O) groups is 2. The van der Waals surface area contributed by atoms with Gasteiger partial charge in [0.1, 0.15) is 5.38 Å². The summed E-state index contributed by atoms with van der Waals surface area (Å²) in [5, 5.41) is 4.01. The average Bonchev–Trinajstić information content (AvgIpc) is 2.13. The van der Waals surface area contributed by atoms with Gasteiger partial charge < -0.3 is 10.2 Å². The highest BCUT2D eigenvalue weighted by atomic mass is 35.5. The van der Waals surface area contributed by atoms with Crippen LogP contribution in [0.15, 0.2) is 0 Å². The molecule has 5 nitrogen and oxygen atoms in total. The van der Waals surface area contributed by atoms with Gasteiger partial charge in [-0.05, 0) is 27.9 Å². The summed E-state index contributed by atoms with van der Waals surface area (Å²) in [6.07, 6.45) is 0. The Morgan fingerprint density at radius 1 is 1.33 bits per heavy atom. The Kier molecular flexibility index (Phi) is 6.27. The second-order valence-corrected chi connectivity index (χ2v) is 4.28. The quantitative estimate of drug-likeness (QED) is 0.693. The molecule has 3 amide bonds. The molecule has 88 valence electrons. The molecule has 0 radical (unpaired) electrons. The lowest BCUT2D eigenvalue weighted by atomic mass is 10.3. The van der Waals surface area contributed by atoms with E-state index in [-0.39, 0.29) is 6.04 Å². The largest absolute Gasteiger partial charge is 0.336 e. The molecule has 2 N–H and O–H groups in total. The molecule has 0 spiro atoms. The van der Waals surface area contributed by atoms with Crippen LogP contribution in [0, 0.1) is 0 Å². The number of hydrogen-bond donors (Lipinski definition) is 2. The van der Waals surface area contributed by atoms with Crippen LogP contribution < -0.4 is 10.6 Å². The topological polar surface area (TPSA) is 61.4 Å². The van der Waals surface area contributed by atoms with Crippen LogP contribution in [0.25, 0.3) is 0 Å². The van der Waals surface area contributed by atoms with E-state index < -0.39 is 17.3 Å². The van der Waals surface area contributed by atoms with Gasteiger partial charge in [-0.15, -0.1) is 11.6 Å². The van der Waals surface area contributed by atoms with Gasteiger partial charge >= 0.3 is 6.03 Å². The Balaban J connectivity index is 3.81. The first-order valence-corrected chi connectivity index (χ1v) is 5.17. The number of halogens is 1. The van der Waals surface area contributed by atoms with Gasteiger partial charge in [-0.3, -0.25) is 10.1 Å². The van der Waals surface area contributed by atoms with Gasteiger partial charge in [-0.2, -0.15) is 0 Å². The Bertz CT molecular complexity index is 231. The maximum absolute atomic E-state index is 11.2. The van der Waals surface area contributed by atoms with Gasteiger partial charge in [0.15, 0.2) is 0 Å². The van der Waals surface area contributed by atoms with Crippen molar-refractivity contribution >= 4 is 23.5 Å². The summed E-state index contributed by atoms with van der Waals surface area (Å²) in [7, 11) is 3.83. The van der Waals surface area contributed by atoms with E-state index in [1.807, 2.05) is 25.9 Å². The van der Waals surface area contributed by atoms with E-state index >= 15 is 0 Å². The number of nitrogens with zero attached hydrogens (tertiary/aromatic N) is 1. The molecule has 0 heterocycles. The van der Waals surface area contributed by atoms with E-state index in [4.69, 9.17) is 11.6 Å². The first kappa shape index (κ1) is 14.2. The van der Waals surface area contributed by atoms with Gasteiger partial charge in [-0.25, -0.2) is 4.79 Å². The molecule has 2 atom stereocenters. The molecule has 0 aromatic carbocycles. The normalized spacial score (nSPS) is 14.5. The molecule has 0 aromatic rings. The minimum Gasteiger partial charge on any atom is -0.336 e. The van der Waals surface area contributed by atoms with Gasteiger partial charge in [-0.1, -0.05) is 0 Å². The van der Waals surface area contributed by atoms with Crippen LogP contribution in [0.3, 0.4) is 0 Å². The molecular formula is C9H18ClN3O2. The Morgan fingerprint density at radius 3 is 2.27 bits per heavy atom. The number of likely N-dealkylation sites (N-methyl/N-ethyl adjacent to an activating group) is 1. The molecule has 0 aliphatic rings. The minimum atomic E-state index is -0.706. The van der Waals surface area contributed by atoms with E-state index in [9.17, 15) is 9.59 Å². The van der Waals surface area contributed by atoms with Crippen LogP contribution in [0.1, 0.15) is 13.8 Å². The summed E-state index contributed by atoms with van der Waals surface area (Å²) in [6, 6.07) is -0.305. The van der Waals surface area contributed by atoms with E-state index in [0.717, 1.165) is 0 Å². The fourth-order valence-electron chi connectivity index (χ4n) is 0.679. The van der Waals surface area contributed by atoms with Crippen LogP contribution in [0.5, 0.6) is 0 Å². The van der Waals surface area contributed by atoms with Gasteiger partial charge in [0, 0.05) is 12.6 Å². The van der Waals surface area contributed by atoms with Crippen LogP contribution in [-0.2, 0) is 4.79 Å². The number of rotatable bonds is 4. The van der Waals surface area contributed by atoms with Crippen LogP contribution >= 0.6 is 11.6 Å². The molecule has 0 aliphatic carbocycles. The maximum Gasteiger partial charge on any atom is 0.321 e. The van der Waals surface area contributed by atoms with Crippen molar-refractivity contribution in [1.82, 2.24) is 15.5 Å². The second-order valence-electron chi connectivity index (χ2n) is 3.63. The van der Waals surface area contributed by atoms with Gasteiger partial charge in [0.05, 0.1) is 0 Å². The smallest absolute Gasteiger partial charge is 0.321 e. The molecule has 2 unspecified atom stereocenters. The second kappa shape index (κ2) is 6.63. The van der Waals surface area contributed by atoms with E-state index in [2.05, 4.69) is 10.6 Å². The summed E-state index contributed by atoms with van der Waals surface area (Å²) >= 11 is 5.49. The first-order chi connectivity index (χ1) is 6.84. The third kappa shape index (κ3) is 6.30. The zero-order valence-electron chi connectivity index (χ0n) is 9.50. The molecule has 15 heavy (non-hydrogen) atoms. The molecule has 0 rings (SSSR count). The fraction of sp³-hybridized carbons (Fsp3) is 0.778. The number of alkyl halides is 1. The lowest BCUT2D eigenvalue weighted by Crippen LogP contribution is -2.46. The summed E-state index contributed by atoms with van der Waals surface area (Å²) in [4.78, 5) is 24.1. The lowest BCUT2D eigenvalue weighted by Gasteiger charge is -2.19. The third-order valence-corrected chi connectivity index (χ3v) is 2.24. The fourth-order valence-corrected chi connectivity index (χ4v) is 0.733. The molecular weight excluding hydrogens is 218 g/mol. The highest BCUT2D eigenvalue weighted by molar-refractivity contribution is 6.31. The van der Waals surface area contributed by atoms with Crippen molar-refractivity contribution < 1.29 is 9.59 Å². The molecule has 0 aliphatic heterocycles. The summed E-state index contributed by atoms with van der Waals surface area (Å²) in [6.45, 7) is 3.95. The van der Waals surface area contributed by atoms with Crippen LogP contribution in [0.2, 0.25) is 0 Å². The molecule has 0 fully saturated rings. The Morgan fingerprint density at radius 2 is 1.87 bits per heavy atom. The summed E-state index contributed by atoms with van der Waals surface area (Å²) in [5.74, 6) is -0.494. The van der Waals surface area contributed by atoms with E-state index in [0.29, 0.717) is 6.54 Å². The number of imide groups is 1. The van der Waals surface area contributed by atoms with Gasteiger partial charge in [0.2, 0.25) is 5.91 Å². The molecule has 0 aromatic heterocycles. The van der Waals surface area contributed by atoms with Crippen LogP contribution in [0.4, 0.5) is 4.79 Å². The highest BCUT2D eigenvalue weighted by Gasteiger charge is 2.13. The van der Waals surface area contributed by atoms with Gasteiger partial charge in [0.25, 0.3) is 0 Å². The Hall–Kier alpha value is -0.810. The molecule has 0 saturated heterocycles. The van der Waals surface area contributed by atoms with Crippen molar-refractivity contribution in [3.8, 4) is 0 Å². The zero-order valence-corrected chi connectivity index (χ0v) is 10.3. The van der Waals surface area contributed by atoms with E-state index in [1.54, 1.807) is 0 Å². The van der Waals surface area contributed by atoms with E-state index in [1.165, 1.54) is 6.92 Å². The van der Waals surface area contributed by atoms with Crippen molar-refractivity contribution in [1.29, 1.82) is 0 Å². The predicted octanol–water partition coefficient (Wildman–Crippen LogP) is 0.390. The molecule has 0 bridgehead atoms. The minimum absolute atomic E-state index is 0.208. The van der Waals surface area contributed by atoms with Crippen molar-refractivity contribution in [2.75, 3.05) is 20.6 Å². The maximum atomic E-state index is 11.2. The number of urea groups is 1. The zero-order chi connectivity index (χ0) is 12.0. The number of carbonyl (C=O) groups excluding carboxylic acids is 2. The lowest BCUT2D eigenvalue weighted by molar-refractivity contribution is -0.119. The SMILES string of the molecule is CC(Cl)C(=O)NC(=O)NCC(C)N(C)C. The standard InChI is InChI=1S/C9H18ClN3O2/c1-6(13(3)4)5-11-9(15)12-8(14)7(2)10/h6-7H,5H2,1-4H3,(H2,11,12,14,15). The number of nitrogens with one attached hydrogen (secondary N) is 2. The van der Waals surface area contributed by atoms with Crippen molar-refractivity contribution in [3.63, 3.8) is 0 Å². The summed E-state index contributed by atoms with van der Waals surface area (Å²) in [5.41, 5.74) is 0. The number of amides is 3. The highest BCUT2D eigenvalue weighted by Crippen LogP contribution is 1.92. The van der Waals surface area contributed by atoms with Crippen molar-refractivity contribution in [3.05, 3.63) is 0 Å². The first-order valence-electron chi connectivity index (χ1n) is 4.73. The monoisotopic (exact) mass is 235 g/mol. The summed E-state index contributed by atoms with van der Waals surface area (Å²) < 4.78 is 0. The van der Waals surface area contributed by atoms with Crippen molar-refractivity contribution in [2.24, 2.45) is 0 Å².